The number of carbonyl (C=O) groups is 3. The van der Waals surface area contributed by atoms with Crippen molar-refractivity contribution in [1.82, 2.24) is 0 Å². The van der Waals surface area contributed by atoms with E-state index in [-0.39, 0.29) is 11.6 Å². The van der Waals surface area contributed by atoms with E-state index >= 15 is 0 Å². The zero-order chi connectivity index (χ0) is 16.9. The monoisotopic (exact) mass is 322 g/mol. The van der Waals surface area contributed by atoms with Crippen LogP contribution in [0.1, 0.15) is 36.0 Å². The Morgan fingerprint density at radius 3 is 2.12 bits per heavy atom. The van der Waals surface area contributed by atoms with Gasteiger partial charge in [0.1, 0.15) is 5.41 Å². The summed E-state index contributed by atoms with van der Waals surface area (Å²) in [5.41, 5.74) is -1.54. The first-order chi connectivity index (χ1) is 11.5. The topological polar surface area (TPSA) is 60.4 Å². The van der Waals surface area contributed by atoms with E-state index in [0.717, 1.165) is 10.8 Å². The van der Waals surface area contributed by atoms with Crippen molar-refractivity contribution < 1.29 is 19.1 Å². The van der Waals surface area contributed by atoms with Crippen LogP contribution in [0.5, 0.6) is 0 Å². The Morgan fingerprint density at radius 1 is 0.875 bits per heavy atom. The summed E-state index contributed by atoms with van der Waals surface area (Å²) in [4.78, 5) is 38.3. The molecule has 4 nitrogen and oxygen atoms in total. The van der Waals surface area contributed by atoms with Crippen molar-refractivity contribution in [1.29, 1.82) is 0 Å². The van der Waals surface area contributed by atoms with Crippen LogP contribution in [-0.4, -0.2) is 24.6 Å². The Morgan fingerprint density at radius 2 is 1.50 bits per heavy atom. The summed E-state index contributed by atoms with van der Waals surface area (Å²) in [6, 6.07) is 13.2. The third-order valence-corrected chi connectivity index (χ3v) is 5.41. The van der Waals surface area contributed by atoms with E-state index < -0.39 is 16.8 Å². The molecule has 0 atom stereocenters. The molecule has 2 saturated carbocycles. The molecule has 24 heavy (non-hydrogen) atoms. The third kappa shape index (κ3) is 1.95. The van der Waals surface area contributed by atoms with Crippen molar-refractivity contribution in [3.8, 4) is 0 Å². The van der Waals surface area contributed by atoms with E-state index in [0.29, 0.717) is 31.2 Å². The summed E-state index contributed by atoms with van der Waals surface area (Å²) in [6.07, 6.45) is 2.02. The summed E-state index contributed by atoms with van der Waals surface area (Å²) in [6.45, 7) is 0. The number of Topliss-reactive ketones (excluding diaryl/α,β-unsaturated/α-hetero) is 2. The van der Waals surface area contributed by atoms with Gasteiger partial charge in [-0.3, -0.25) is 14.4 Å². The zero-order valence-electron chi connectivity index (χ0n) is 13.5. The lowest BCUT2D eigenvalue weighted by molar-refractivity contribution is -0.152. The Bertz CT molecular complexity index is 867. The average molecular weight is 322 g/mol. The third-order valence-electron chi connectivity index (χ3n) is 5.41. The van der Waals surface area contributed by atoms with E-state index in [9.17, 15) is 14.4 Å². The number of carbonyl (C=O) groups excluding carboxylic acids is 3. The van der Waals surface area contributed by atoms with Gasteiger partial charge in [-0.25, -0.2) is 0 Å². The molecule has 0 aliphatic heterocycles. The van der Waals surface area contributed by atoms with E-state index in [1.54, 1.807) is 6.07 Å². The number of fused-ring (bicyclic) bond motifs is 1. The van der Waals surface area contributed by atoms with Gasteiger partial charge >= 0.3 is 5.97 Å². The molecule has 0 aromatic heterocycles. The van der Waals surface area contributed by atoms with E-state index in [4.69, 9.17) is 4.74 Å². The van der Waals surface area contributed by atoms with Gasteiger partial charge in [-0.15, -0.1) is 0 Å². The maximum absolute atomic E-state index is 13.2. The molecule has 2 aliphatic rings. The van der Waals surface area contributed by atoms with Gasteiger partial charge in [0, 0.05) is 5.56 Å². The molecule has 0 heterocycles. The fourth-order valence-electron chi connectivity index (χ4n) is 3.67. The van der Waals surface area contributed by atoms with Crippen LogP contribution >= 0.6 is 0 Å². The van der Waals surface area contributed by atoms with Crippen LogP contribution in [0.3, 0.4) is 0 Å². The highest BCUT2D eigenvalue weighted by molar-refractivity contribution is 6.26. The van der Waals surface area contributed by atoms with Crippen LogP contribution < -0.4 is 0 Å². The second-order valence-electron chi connectivity index (χ2n) is 6.84. The van der Waals surface area contributed by atoms with Crippen molar-refractivity contribution in [2.75, 3.05) is 7.11 Å². The molecular weight excluding hydrogens is 304 g/mol. The number of esters is 1. The van der Waals surface area contributed by atoms with E-state index in [2.05, 4.69) is 0 Å². The summed E-state index contributed by atoms with van der Waals surface area (Å²) < 4.78 is 4.81. The molecule has 0 spiro atoms. The maximum atomic E-state index is 13.2. The number of methoxy groups -OCH3 is 1. The Kier molecular flexibility index (Phi) is 3.14. The predicted molar refractivity (Wildman–Crippen MR) is 88.6 cm³/mol. The molecule has 2 aromatic rings. The van der Waals surface area contributed by atoms with Gasteiger partial charge in [-0.1, -0.05) is 42.5 Å². The molecule has 0 N–H and O–H groups in total. The molecule has 2 aromatic carbocycles. The number of rotatable bonds is 5. The zero-order valence-corrected chi connectivity index (χ0v) is 13.5. The number of hydrogen-bond donors (Lipinski definition) is 0. The van der Waals surface area contributed by atoms with Crippen LogP contribution in [-0.2, 0) is 14.3 Å². The molecule has 2 fully saturated rings. The standard InChI is InChI=1S/C20H18O4/c1-24-18(23)20(11-12-20)17(22)19(9-10-19)16(21)15-8-4-6-13-5-2-3-7-14(13)15/h2-8H,9-12H2,1H3. The number of ketones is 2. The number of hydrogen-bond acceptors (Lipinski definition) is 4. The largest absolute Gasteiger partial charge is 0.468 e. The maximum Gasteiger partial charge on any atom is 0.319 e. The van der Waals surface area contributed by atoms with Crippen molar-refractivity contribution in [2.24, 2.45) is 10.8 Å². The highest BCUT2D eigenvalue weighted by atomic mass is 16.5. The molecule has 122 valence electrons. The number of ether oxygens (including phenoxy) is 1. The van der Waals surface area contributed by atoms with Crippen molar-refractivity contribution in [3.63, 3.8) is 0 Å². The lowest BCUT2D eigenvalue weighted by atomic mass is 9.81. The van der Waals surface area contributed by atoms with Gasteiger partial charge in [0.15, 0.2) is 11.6 Å². The fourth-order valence-corrected chi connectivity index (χ4v) is 3.67. The minimum Gasteiger partial charge on any atom is -0.468 e. The van der Waals surface area contributed by atoms with Crippen LogP contribution in [0.25, 0.3) is 10.8 Å². The normalized spacial score (nSPS) is 19.5. The van der Waals surface area contributed by atoms with Gasteiger partial charge in [-0.05, 0) is 36.5 Å². The average Bonchev–Trinajstić information content (AvgIpc) is 3.53. The highest BCUT2D eigenvalue weighted by Gasteiger charge is 2.69. The molecule has 0 unspecified atom stereocenters. The molecule has 0 radical (unpaired) electrons. The van der Waals surface area contributed by atoms with Gasteiger partial charge in [0.25, 0.3) is 0 Å². The second kappa shape index (κ2) is 5.00. The van der Waals surface area contributed by atoms with Gasteiger partial charge < -0.3 is 4.74 Å². The highest BCUT2D eigenvalue weighted by Crippen LogP contribution is 2.60. The number of benzene rings is 2. The Labute approximate surface area is 139 Å². The van der Waals surface area contributed by atoms with E-state index in [1.807, 2.05) is 36.4 Å². The van der Waals surface area contributed by atoms with Gasteiger partial charge in [-0.2, -0.15) is 0 Å². The minimum atomic E-state index is -1.08. The van der Waals surface area contributed by atoms with Crippen molar-refractivity contribution in [3.05, 3.63) is 48.0 Å². The first-order valence-electron chi connectivity index (χ1n) is 8.21. The fraction of sp³-hybridized carbons (Fsp3) is 0.350. The molecule has 2 aliphatic carbocycles. The molecule has 4 heteroatoms. The van der Waals surface area contributed by atoms with Crippen molar-refractivity contribution in [2.45, 2.75) is 25.7 Å². The first kappa shape index (κ1) is 15.1. The molecule has 0 amide bonds. The van der Waals surface area contributed by atoms with Crippen LogP contribution in [0.15, 0.2) is 42.5 Å². The van der Waals surface area contributed by atoms with Gasteiger partial charge in [0.05, 0.1) is 12.5 Å². The van der Waals surface area contributed by atoms with Crippen LogP contribution in [0.4, 0.5) is 0 Å². The summed E-state index contributed by atoms with van der Waals surface area (Å²) >= 11 is 0. The van der Waals surface area contributed by atoms with Crippen LogP contribution in [0, 0.1) is 10.8 Å². The van der Waals surface area contributed by atoms with Crippen molar-refractivity contribution >= 4 is 28.3 Å². The smallest absolute Gasteiger partial charge is 0.319 e. The minimum absolute atomic E-state index is 0.153. The lowest BCUT2D eigenvalue weighted by Crippen LogP contribution is -2.38. The van der Waals surface area contributed by atoms with E-state index in [1.165, 1.54) is 7.11 Å². The van der Waals surface area contributed by atoms with Gasteiger partial charge in [0.2, 0.25) is 0 Å². The Balaban J connectivity index is 1.74. The predicted octanol–water partition coefficient (Wildman–Crippen LogP) is 3.33. The van der Waals surface area contributed by atoms with Crippen LogP contribution in [0.2, 0.25) is 0 Å². The Hall–Kier alpha value is -2.49. The quantitative estimate of drug-likeness (QED) is 0.481. The molecule has 4 rings (SSSR count). The molecule has 0 bridgehead atoms. The first-order valence-corrected chi connectivity index (χ1v) is 8.21. The summed E-state index contributed by atoms with van der Waals surface area (Å²) in [5, 5.41) is 1.83. The lowest BCUT2D eigenvalue weighted by Gasteiger charge is -2.19. The molecule has 0 saturated heterocycles. The SMILES string of the molecule is COC(=O)C1(C(=O)C2(C(=O)c3cccc4ccccc34)CC2)CC1. The second-order valence-corrected chi connectivity index (χ2v) is 6.84. The summed E-state index contributed by atoms with van der Waals surface area (Å²) in [7, 11) is 1.29. The molecular formula is C20H18O4. The summed E-state index contributed by atoms with van der Waals surface area (Å²) in [5.74, 6) is -0.885.